The largest absolute Gasteiger partial charge is 0.465 e. The summed E-state index contributed by atoms with van der Waals surface area (Å²) < 4.78 is 10.3. The van der Waals surface area contributed by atoms with Crippen LogP contribution in [0.25, 0.3) is 6.08 Å². The Balaban J connectivity index is 1.61. The van der Waals surface area contributed by atoms with Crippen LogP contribution in [0.4, 0.5) is 5.69 Å². The van der Waals surface area contributed by atoms with E-state index in [2.05, 4.69) is 0 Å². The molecule has 5 nitrogen and oxygen atoms in total. The van der Waals surface area contributed by atoms with Gasteiger partial charge in [-0.1, -0.05) is 18.2 Å². The standard InChI is InChI=1S/C18H17NO4/c1-13(23-17(20)9-8-15-6-4-12-22-15)18(21)19-11-10-14-5-2-3-7-16(14)19/h2-9,12-13H,10-11H2,1H3/b9-8+/t13-/m1/s1. The molecule has 3 rings (SSSR count). The van der Waals surface area contributed by atoms with Crippen LogP contribution in [0, 0.1) is 0 Å². The first kappa shape index (κ1) is 15.1. The van der Waals surface area contributed by atoms with Crippen molar-refractivity contribution in [3.63, 3.8) is 0 Å². The highest BCUT2D eigenvalue weighted by atomic mass is 16.5. The van der Waals surface area contributed by atoms with E-state index < -0.39 is 12.1 Å². The van der Waals surface area contributed by atoms with Crippen molar-refractivity contribution >= 4 is 23.6 Å². The molecule has 1 amide bonds. The maximum atomic E-state index is 12.5. The second-order valence-corrected chi connectivity index (χ2v) is 5.30. The molecule has 0 fully saturated rings. The summed E-state index contributed by atoms with van der Waals surface area (Å²) in [4.78, 5) is 25.9. The van der Waals surface area contributed by atoms with Crippen molar-refractivity contribution in [1.29, 1.82) is 0 Å². The Kier molecular flexibility index (Phi) is 4.28. The lowest BCUT2D eigenvalue weighted by Crippen LogP contribution is -2.38. The zero-order chi connectivity index (χ0) is 16.2. The predicted octanol–water partition coefficient (Wildman–Crippen LogP) is 2.81. The van der Waals surface area contributed by atoms with Crippen LogP contribution in [0.1, 0.15) is 18.2 Å². The molecule has 1 aromatic carbocycles. The van der Waals surface area contributed by atoms with Crippen LogP contribution < -0.4 is 4.90 Å². The van der Waals surface area contributed by atoms with E-state index >= 15 is 0 Å². The van der Waals surface area contributed by atoms with E-state index in [1.807, 2.05) is 24.3 Å². The first-order valence-electron chi connectivity index (χ1n) is 7.46. The minimum Gasteiger partial charge on any atom is -0.465 e. The summed E-state index contributed by atoms with van der Waals surface area (Å²) in [5.41, 5.74) is 2.03. The Bertz CT molecular complexity index is 733. The van der Waals surface area contributed by atoms with E-state index in [0.29, 0.717) is 12.3 Å². The molecule has 0 unspecified atom stereocenters. The molecule has 118 valence electrons. The van der Waals surface area contributed by atoms with Gasteiger partial charge in [0.25, 0.3) is 5.91 Å². The van der Waals surface area contributed by atoms with Gasteiger partial charge in [0.05, 0.1) is 6.26 Å². The number of furan rings is 1. The number of nitrogens with zero attached hydrogens (tertiary/aromatic N) is 1. The number of amides is 1. The Hall–Kier alpha value is -2.82. The number of carbonyl (C=O) groups is 2. The smallest absolute Gasteiger partial charge is 0.331 e. The highest BCUT2D eigenvalue weighted by molar-refractivity contribution is 5.99. The van der Waals surface area contributed by atoms with Gasteiger partial charge >= 0.3 is 5.97 Å². The van der Waals surface area contributed by atoms with Crippen molar-refractivity contribution in [3.8, 4) is 0 Å². The molecule has 1 aliphatic rings. The van der Waals surface area contributed by atoms with Gasteiger partial charge in [-0.2, -0.15) is 0 Å². The molecule has 2 heterocycles. The number of anilines is 1. The van der Waals surface area contributed by atoms with Crippen LogP contribution in [-0.4, -0.2) is 24.5 Å². The van der Waals surface area contributed by atoms with Crippen molar-refractivity contribution in [3.05, 3.63) is 60.1 Å². The first-order chi connectivity index (χ1) is 11.1. The molecule has 0 aliphatic carbocycles. The molecule has 0 N–H and O–H groups in total. The lowest BCUT2D eigenvalue weighted by atomic mass is 10.2. The van der Waals surface area contributed by atoms with Crippen molar-refractivity contribution in [2.75, 3.05) is 11.4 Å². The summed E-state index contributed by atoms with van der Waals surface area (Å²) in [7, 11) is 0. The third kappa shape index (κ3) is 3.34. The SMILES string of the molecule is C[C@@H](OC(=O)/C=C/c1ccco1)C(=O)N1CCc2ccccc21. The van der Waals surface area contributed by atoms with Crippen LogP contribution in [0.15, 0.2) is 53.2 Å². The fourth-order valence-electron chi connectivity index (χ4n) is 2.59. The average molecular weight is 311 g/mol. The molecule has 0 saturated carbocycles. The first-order valence-corrected chi connectivity index (χ1v) is 7.46. The fourth-order valence-corrected chi connectivity index (χ4v) is 2.59. The number of hydrogen-bond donors (Lipinski definition) is 0. The Morgan fingerprint density at radius 2 is 2.09 bits per heavy atom. The quantitative estimate of drug-likeness (QED) is 0.643. The molecule has 0 radical (unpaired) electrons. The molecule has 1 aromatic heterocycles. The molecule has 2 aromatic rings. The highest BCUT2D eigenvalue weighted by Crippen LogP contribution is 2.28. The van der Waals surface area contributed by atoms with Gasteiger partial charge in [-0.15, -0.1) is 0 Å². The number of hydrogen-bond acceptors (Lipinski definition) is 4. The number of esters is 1. The summed E-state index contributed by atoms with van der Waals surface area (Å²) in [6, 6.07) is 11.2. The zero-order valence-corrected chi connectivity index (χ0v) is 12.8. The van der Waals surface area contributed by atoms with Crippen LogP contribution in [0.3, 0.4) is 0 Å². The van der Waals surface area contributed by atoms with E-state index in [4.69, 9.17) is 9.15 Å². The Labute approximate surface area is 134 Å². The molecule has 0 saturated heterocycles. The zero-order valence-electron chi connectivity index (χ0n) is 12.8. The van der Waals surface area contributed by atoms with Gasteiger partial charge in [-0.25, -0.2) is 4.79 Å². The number of carbonyl (C=O) groups excluding carboxylic acids is 2. The van der Waals surface area contributed by atoms with Crippen molar-refractivity contribution in [2.24, 2.45) is 0 Å². The minimum atomic E-state index is -0.838. The second kappa shape index (κ2) is 6.52. The van der Waals surface area contributed by atoms with E-state index in [0.717, 1.165) is 17.7 Å². The summed E-state index contributed by atoms with van der Waals surface area (Å²) >= 11 is 0. The summed E-state index contributed by atoms with van der Waals surface area (Å²) in [5.74, 6) is -0.237. The van der Waals surface area contributed by atoms with Gasteiger partial charge in [0.2, 0.25) is 0 Å². The molecule has 0 bridgehead atoms. The fraction of sp³-hybridized carbons (Fsp3) is 0.222. The molecular formula is C18H17NO4. The lowest BCUT2D eigenvalue weighted by Gasteiger charge is -2.21. The van der Waals surface area contributed by atoms with Gasteiger partial charge in [0, 0.05) is 18.3 Å². The maximum absolute atomic E-state index is 12.5. The van der Waals surface area contributed by atoms with E-state index in [9.17, 15) is 9.59 Å². The van der Waals surface area contributed by atoms with E-state index in [1.165, 1.54) is 18.4 Å². The monoisotopic (exact) mass is 311 g/mol. The summed E-state index contributed by atoms with van der Waals surface area (Å²) in [5, 5.41) is 0. The summed E-state index contributed by atoms with van der Waals surface area (Å²) in [6.45, 7) is 2.20. The maximum Gasteiger partial charge on any atom is 0.331 e. The van der Waals surface area contributed by atoms with Gasteiger partial charge in [-0.05, 0) is 43.2 Å². The van der Waals surface area contributed by atoms with Gasteiger partial charge in [-0.3, -0.25) is 4.79 Å². The molecule has 5 heteroatoms. The lowest BCUT2D eigenvalue weighted by molar-refractivity contribution is -0.149. The Morgan fingerprint density at radius 3 is 2.87 bits per heavy atom. The molecule has 0 spiro atoms. The molecule has 1 aliphatic heterocycles. The second-order valence-electron chi connectivity index (χ2n) is 5.30. The third-order valence-electron chi connectivity index (χ3n) is 3.72. The van der Waals surface area contributed by atoms with Crippen molar-refractivity contribution in [1.82, 2.24) is 0 Å². The minimum absolute atomic E-state index is 0.213. The summed E-state index contributed by atoms with van der Waals surface area (Å²) in [6.07, 6.45) is 4.25. The van der Waals surface area contributed by atoms with Crippen LogP contribution in [0.2, 0.25) is 0 Å². The molecule has 23 heavy (non-hydrogen) atoms. The highest BCUT2D eigenvalue weighted by Gasteiger charge is 2.29. The van der Waals surface area contributed by atoms with Crippen LogP contribution in [-0.2, 0) is 20.7 Å². The third-order valence-corrected chi connectivity index (χ3v) is 3.72. The Morgan fingerprint density at radius 1 is 1.26 bits per heavy atom. The number of fused-ring (bicyclic) bond motifs is 1. The molecule has 1 atom stereocenters. The topological polar surface area (TPSA) is 59.8 Å². The number of benzene rings is 1. The van der Waals surface area contributed by atoms with Crippen molar-refractivity contribution in [2.45, 2.75) is 19.4 Å². The van der Waals surface area contributed by atoms with Gasteiger partial charge in [0.15, 0.2) is 6.10 Å². The van der Waals surface area contributed by atoms with E-state index in [1.54, 1.807) is 24.0 Å². The number of ether oxygens (including phenoxy) is 1. The predicted molar refractivity (Wildman–Crippen MR) is 85.8 cm³/mol. The van der Waals surface area contributed by atoms with Crippen LogP contribution >= 0.6 is 0 Å². The normalized spacial score (nSPS) is 14.7. The van der Waals surface area contributed by atoms with Gasteiger partial charge in [0.1, 0.15) is 5.76 Å². The number of para-hydroxylation sites is 1. The van der Waals surface area contributed by atoms with Crippen LogP contribution in [0.5, 0.6) is 0 Å². The van der Waals surface area contributed by atoms with Gasteiger partial charge < -0.3 is 14.1 Å². The molecular weight excluding hydrogens is 294 g/mol. The number of rotatable bonds is 4. The van der Waals surface area contributed by atoms with Crippen molar-refractivity contribution < 1.29 is 18.7 Å². The van der Waals surface area contributed by atoms with E-state index in [-0.39, 0.29) is 5.91 Å². The average Bonchev–Trinajstić information content (AvgIpc) is 3.21.